The van der Waals surface area contributed by atoms with Gasteiger partial charge in [0, 0.05) is 17.1 Å². The second-order valence-electron chi connectivity index (χ2n) is 6.36. The number of hydrogen-bond acceptors (Lipinski definition) is 6. The first-order valence-electron chi connectivity index (χ1n) is 8.68. The summed E-state index contributed by atoms with van der Waals surface area (Å²) in [5.74, 6) is -1.48. The lowest BCUT2D eigenvalue weighted by molar-refractivity contribution is -0.136. The Labute approximate surface area is 181 Å². The molecule has 1 amide bonds. The Kier molecular flexibility index (Phi) is 5.31. The highest BCUT2D eigenvalue weighted by Crippen LogP contribution is 2.44. The molecule has 0 unspecified atom stereocenters. The number of nitrogen functional groups attached to an aromatic ring is 1. The Balaban J connectivity index is 1.79. The van der Waals surface area contributed by atoms with E-state index in [4.69, 9.17) is 10.5 Å². The van der Waals surface area contributed by atoms with Crippen LogP contribution in [0.4, 0.5) is 28.9 Å². The number of fused-ring (bicyclic) bond motifs is 1. The molecular weight excluding hydrogens is 454 g/mol. The number of nitrogens with one attached hydrogen (secondary N) is 1. The van der Waals surface area contributed by atoms with Gasteiger partial charge in [-0.05, 0) is 29.6 Å². The minimum absolute atomic E-state index is 0.0122. The monoisotopic (exact) mass is 467 g/mol. The lowest BCUT2D eigenvalue weighted by Gasteiger charge is -2.10. The van der Waals surface area contributed by atoms with Gasteiger partial charge >= 0.3 is 6.18 Å². The van der Waals surface area contributed by atoms with Crippen molar-refractivity contribution in [3.63, 3.8) is 0 Å². The van der Waals surface area contributed by atoms with Crippen LogP contribution < -0.4 is 15.8 Å². The maximum atomic E-state index is 13.9. The van der Waals surface area contributed by atoms with Crippen LogP contribution in [0.3, 0.4) is 0 Å². The molecule has 0 atom stereocenters. The zero-order valence-corrected chi connectivity index (χ0v) is 17.3. The predicted molar refractivity (Wildman–Crippen MR) is 113 cm³/mol. The summed E-state index contributed by atoms with van der Waals surface area (Å²) >= 11 is 1.99. The minimum Gasteiger partial charge on any atom is -0.494 e. The van der Waals surface area contributed by atoms with Crippen molar-refractivity contribution >= 4 is 50.2 Å². The number of aromatic nitrogens is 1. The first-order chi connectivity index (χ1) is 14.7. The topological polar surface area (TPSA) is 77.2 Å². The predicted octanol–water partition coefficient (Wildman–Crippen LogP) is 6.03. The maximum Gasteiger partial charge on any atom is 0.417 e. The molecule has 0 aliphatic rings. The van der Waals surface area contributed by atoms with Crippen molar-refractivity contribution in [2.75, 3.05) is 18.2 Å². The number of nitrogens with zero attached hydrogens (tertiary/aromatic N) is 1. The number of alkyl halides is 3. The third-order valence-corrected chi connectivity index (χ3v) is 6.38. The van der Waals surface area contributed by atoms with Crippen LogP contribution in [0.15, 0.2) is 41.8 Å². The number of nitrogens with two attached hydrogens (primary N) is 1. The van der Waals surface area contributed by atoms with Gasteiger partial charge in [0.2, 0.25) is 0 Å². The lowest BCUT2D eigenvalue weighted by Crippen LogP contribution is -2.12. The molecule has 0 saturated heterocycles. The molecule has 0 saturated carbocycles. The fraction of sp³-hybridized carbons (Fsp3) is 0.100. The Morgan fingerprint density at radius 3 is 2.61 bits per heavy atom. The molecule has 0 aliphatic carbocycles. The van der Waals surface area contributed by atoms with Crippen molar-refractivity contribution in [3.8, 4) is 16.3 Å². The summed E-state index contributed by atoms with van der Waals surface area (Å²) in [5.41, 5.74) is 4.90. The maximum absolute atomic E-state index is 13.9. The van der Waals surface area contributed by atoms with Gasteiger partial charge in [0.05, 0.1) is 28.9 Å². The van der Waals surface area contributed by atoms with Gasteiger partial charge in [0.1, 0.15) is 9.71 Å². The molecule has 0 spiro atoms. The van der Waals surface area contributed by atoms with Crippen LogP contribution in [-0.4, -0.2) is 18.0 Å². The molecule has 0 radical (unpaired) electrons. The third kappa shape index (κ3) is 3.93. The molecule has 3 heterocycles. The lowest BCUT2D eigenvalue weighted by atomic mass is 10.1. The van der Waals surface area contributed by atoms with Crippen molar-refractivity contribution < 1.29 is 27.1 Å². The molecule has 160 valence electrons. The van der Waals surface area contributed by atoms with Crippen LogP contribution in [0, 0.1) is 5.82 Å². The molecule has 31 heavy (non-hydrogen) atoms. The molecule has 0 aliphatic heterocycles. The van der Waals surface area contributed by atoms with E-state index in [0.717, 1.165) is 23.5 Å². The highest BCUT2D eigenvalue weighted by Gasteiger charge is 2.36. The number of thiophene rings is 2. The molecular formula is C20H13F4N3O2S2. The number of carbonyl (C=O) groups excluding carboxylic acids is 1. The highest BCUT2D eigenvalue weighted by atomic mass is 32.1. The van der Waals surface area contributed by atoms with Gasteiger partial charge in [-0.15, -0.1) is 22.7 Å². The van der Waals surface area contributed by atoms with Gasteiger partial charge < -0.3 is 15.8 Å². The smallest absolute Gasteiger partial charge is 0.417 e. The van der Waals surface area contributed by atoms with Crippen molar-refractivity contribution in [3.05, 3.63) is 58.0 Å². The van der Waals surface area contributed by atoms with Crippen molar-refractivity contribution in [1.82, 2.24) is 4.98 Å². The average molecular weight is 467 g/mol. The number of anilines is 2. The van der Waals surface area contributed by atoms with Gasteiger partial charge in [-0.3, -0.25) is 4.79 Å². The number of methoxy groups -OCH3 is 1. The molecule has 4 aromatic rings. The largest absolute Gasteiger partial charge is 0.494 e. The van der Waals surface area contributed by atoms with E-state index in [-0.39, 0.29) is 37.9 Å². The zero-order chi connectivity index (χ0) is 22.3. The van der Waals surface area contributed by atoms with Crippen molar-refractivity contribution in [2.24, 2.45) is 0 Å². The van der Waals surface area contributed by atoms with Gasteiger partial charge in [0.25, 0.3) is 5.91 Å². The van der Waals surface area contributed by atoms with E-state index in [1.54, 1.807) is 17.5 Å². The van der Waals surface area contributed by atoms with Crippen molar-refractivity contribution in [2.45, 2.75) is 6.18 Å². The van der Waals surface area contributed by atoms with E-state index in [9.17, 15) is 22.4 Å². The average Bonchev–Trinajstić information content (AvgIpc) is 3.35. The Bertz CT molecular complexity index is 1280. The summed E-state index contributed by atoms with van der Waals surface area (Å²) in [6.07, 6.45) is -4.70. The van der Waals surface area contributed by atoms with E-state index >= 15 is 0 Å². The molecule has 0 fully saturated rings. The first-order valence-corrected chi connectivity index (χ1v) is 10.4. The molecule has 5 nitrogen and oxygen atoms in total. The number of carbonyl (C=O) groups is 1. The SMILES string of the molecule is COc1ccc(NC(=O)c2sc3nc(-c4cccs4)cc(C(F)(F)F)c3c2N)cc1F. The minimum atomic E-state index is -4.70. The number of rotatable bonds is 4. The molecule has 3 N–H and O–H groups in total. The number of hydrogen-bond donors (Lipinski definition) is 2. The van der Waals surface area contributed by atoms with E-state index in [1.807, 2.05) is 0 Å². The Morgan fingerprint density at radius 2 is 2.00 bits per heavy atom. The number of amides is 1. The number of halogens is 4. The molecule has 4 rings (SSSR count). The van der Waals surface area contributed by atoms with Gasteiger partial charge in [-0.2, -0.15) is 13.2 Å². The summed E-state index contributed by atoms with van der Waals surface area (Å²) < 4.78 is 60.0. The zero-order valence-electron chi connectivity index (χ0n) is 15.7. The summed E-state index contributed by atoms with van der Waals surface area (Å²) in [6, 6.07) is 8.04. The summed E-state index contributed by atoms with van der Waals surface area (Å²) in [7, 11) is 1.30. The van der Waals surface area contributed by atoms with Gasteiger partial charge in [-0.25, -0.2) is 9.37 Å². The van der Waals surface area contributed by atoms with E-state index < -0.39 is 23.5 Å². The normalized spacial score (nSPS) is 11.6. The molecule has 0 bridgehead atoms. The summed E-state index contributed by atoms with van der Waals surface area (Å²) in [4.78, 5) is 17.4. The number of ether oxygens (including phenoxy) is 1. The van der Waals surface area contributed by atoms with Crippen LogP contribution in [0.25, 0.3) is 20.8 Å². The Hall–Kier alpha value is -3.18. The number of pyridine rings is 1. The van der Waals surface area contributed by atoms with Crippen LogP contribution in [0.2, 0.25) is 0 Å². The quantitative estimate of drug-likeness (QED) is 0.360. The fourth-order valence-corrected chi connectivity index (χ4v) is 4.70. The summed E-state index contributed by atoms with van der Waals surface area (Å²) in [5, 5.41) is 3.84. The highest BCUT2D eigenvalue weighted by molar-refractivity contribution is 7.21. The van der Waals surface area contributed by atoms with E-state index in [0.29, 0.717) is 4.88 Å². The van der Waals surface area contributed by atoms with Crippen LogP contribution in [0.1, 0.15) is 15.2 Å². The van der Waals surface area contributed by atoms with Gasteiger partial charge in [0.15, 0.2) is 11.6 Å². The van der Waals surface area contributed by atoms with Crippen LogP contribution in [-0.2, 0) is 6.18 Å². The second kappa shape index (κ2) is 7.82. The van der Waals surface area contributed by atoms with E-state index in [2.05, 4.69) is 10.3 Å². The van der Waals surface area contributed by atoms with Crippen molar-refractivity contribution in [1.29, 1.82) is 0 Å². The van der Waals surface area contributed by atoms with E-state index in [1.165, 1.54) is 30.6 Å². The van der Waals surface area contributed by atoms with Gasteiger partial charge in [-0.1, -0.05) is 6.07 Å². The fourth-order valence-electron chi connectivity index (χ4n) is 3.00. The standard InChI is InChI=1S/C20H13F4N3O2S2/c1-29-13-5-4-9(7-11(13)21)26-18(28)17-16(25)15-10(20(22,23)24)8-12(27-19(15)31-17)14-3-2-6-30-14/h2-8H,25H2,1H3,(H,26,28). The Morgan fingerprint density at radius 1 is 1.23 bits per heavy atom. The molecule has 1 aromatic carbocycles. The third-order valence-electron chi connectivity index (χ3n) is 4.39. The first kappa shape index (κ1) is 21.1. The van der Waals surface area contributed by atoms with Crippen LogP contribution in [0.5, 0.6) is 5.75 Å². The number of benzene rings is 1. The molecule has 11 heteroatoms. The van der Waals surface area contributed by atoms with Crippen LogP contribution >= 0.6 is 22.7 Å². The second-order valence-corrected chi connectivity index (χ2v) is 8.31. The summed E-state index contributed by atoms with van der Waals surface area (Å²) in [6.45, 7) is 0. The molecule has 3 aromatic heterocycles.